The van der Waals surface area contributed by atoms with Gasteiger partial charge in [0, 0.05) is 25.7 Å². The molecule has 3 unspecified atom stereocenters. The highest BCUT2D eigenvalue weighted by atomic mass is 15.4. The van der Waals surface area contributed by atoms with E-state index in [1.165, 1.54) is 0 Å². The third kappa shape index (κ3) is 2.10. The van der Waals surface area contributed by atoms with Gasteiger partial charge in [-0.3, -0.25) is 0 Å². The first-order valence-electron chi connectivity index (χ1n) is 7.44. The van der Waals surface area contributed by atoms with Crippen molar-refractivity contribution in [2.45, 2.75) is 39.7 Å². The Morgan fingerprint density at radius 1 is 1.16 bits per heavy atom. The lowest BCUT2D eigenvalue weighted by molar-refractivity contribution is 0.470. The molecule has 2 saturated heterocycles. The molecule has 19 heavy (non-hydrogen) atoms. The number of aryl methyl sites for hydroxylation is 2. The highest BCUT2D eigenvalue weighted by molar-refractivity contribution is 5.35. The first-order valence-corrected chi connectivity index (χ1v) is 7.44. The zero-order chi connectivity index (χ0) is 13.4. The van der Waals surface area contributed by atoms with Crippen molar-refractivity contribution in [1.82, 2.24) is 20.5 Å². The van der Waals surface area contributed by atoms with Gasteiger partial charge in [-0.1, -0.05) is 13.8 Å². The Kier molecular flexibility index (Phi) is 3.39. The van der Waals surface area contributed by atoms with Gasteiger partial charge in [0.05, 0.1) is 11.4 Å². The summed E-state index contributed by atoms with van der Waals surface area (Å²) in [7, 11) is 0. The maximum absolute atomic E-state index is 4.75. The van der Waals surface area contributed by atoms with Gasteiger partial charge in [-0.05, 0) is 31.6 Å². The van der Waals surface area contributed by atoms with Crippen molar-refractivity contribution in [2.75, 3.05) is 24.5 Å². The second-order valence-electron chi connectivity index (χ2n) is 5.69. The molecule has 0 spiro atoms. The largest absolute Gasteiger partial charge is 0.336 e. The summed E-state index contributed by atoms with van der Waals surface area (Å²) < 4.78 is 0. The Hall–Kier alpha value is -1.23. The molecule has 0 saturated carbocycles. The Morgan fingerprint density at radius 3 is 2.63 bits per heavy atom. The zero-order valence-electron chi connectivity index (χ0n) is 12.1. The van der Waals surface area contributed by atoms with Crippen LogP contribution in [0.15, 0.2) is 0 Å². The van der Waals surface area contributed by atoms with Crippen LogP contribution in [-0.2, 0) is 12.8 Å². The van der Waals surface area contributed by atoms with Crippen LogP contribution in [0, 0.1) is 11.8 Å². The summed E-state index contributed by atoms with van der Waals surface area (Å²) in [5.41, 5.74) is 2.15. The summed E-state index contributed by atoms with van der Waals surface area (Å²) in [6.07, 6.45) is 1.84. The molecular formula is C14H23N5. The fraction of sp³-hybridized carbons (Fsp3) is 0.786. The van der Waals surface area contributed by atoms with Crippen molar-refractivity contribution in [3.63, 3.8) is 0 Å². The first-order chi connectivity index (χ1) is 9.24. The van der Waals surface area contributed by atoms with Gasteiger partial charge in [0.15, 0.2) is 0 Å². The quantitative estimate of drug-likeness (QED) is 0.881. The van der Waals surface area contributed by atoms with E-state index in [4.69, 9.17) is 4.98 Å². The molecule has 0 bridgehead atoms. The van der Waals surface area contributed by atoms with Gasteiger partial charge in [-0.2, -0.15) is 5.10 Å². The van der Waals surface area contributed by atoms with Gasteiger partial charge in [0.1, 0.15) is 0 Å². The second-order valence-corrected chi connectivity index (χ2v) is 5.69. The molecule has 0 amide bonds. The van der Waals surface area contributed by atoms with Gasteiger partial charge >= 0.3 is 0 Å². The van der Waals surface area contributed by atoms with E-state index in [1.807, 2.05) is 0 Å². The summed E-state index contributed by atoms with van der Waals surface area (Å²) in [6, 6.07) is 0.513. The summed E-state index contributed by atoms with van der Waals surface area (Å²) in [5, 5.41) is 12.2. The molecule has 0 radical (unpaired) electrons. The van der Waals surface area contributed by atoms with E-state index in [0.29, 0.717) is 6.04 Å². The number of nitrogens with one attached hydrogen (secondary N) is 1. The first kappa shape index (κ1) is 12.8. The van der Waals surface area contributed by atoms with Crippen LogP contribution in [-0.4, -0.2) is 40.9 Å². The number of hydrogen-bond acceptors (Lipinski definition) is 5. The fourth-order valence-electron chi connectivity index (χ4n) is 3.48. The molecule has 0 aliphatic carbocycles. The fourth-order valence-corrected chi connectivity index (χ4v) is 3.48. The molecule has 0 aromatic carbocycles. The van der Waals surface area contributed by atoms with Crippen LogP contribution in [0.3, 0.4) is 0 Å². The van der Waals surface area contributed by atoms with Crippen LogP contribution < -0.4 is 10.2 Å². The van der Waals surface area contributed by atoms with Crippen molar-refractivity contribution in [2.24, 2.45) is 11.8 Å². The Labute approximate surface area is 114 Å². The highest BCUT2D eigenvalue weighted by Crippen LogP contribution is 2.34. The lowest BCUT2D eigenvalue weighted by Gasteiger charge is -2.24. The molecule has 2 aliphatic rings. The van der Waals surface area contributed by atoms with Crippen LogP contribution in [0.1, 0.15) is 32.2 Å². The van der Waals surface area contributed by atoms with Crippen LogP contribution in [0.2, 0.25) is 0 Å². The third-order valence-corrected chi connectivity index (χ3v) is 4.69. The average molecular weight is 261 g/mol. The van der Waals surface area contributed by atoms with Crippen molar-refractivity contribution in [1.29, 1.82) is 0 Å². The minimum Gasteiger partial charge on any atom is -0.336 e. The highest BCUT2D eigenvalue weighted by Gasteiger charge is 2.42. The number of anilines is 1. The van der Waals surface area contributed by atoms with Crippen molar-refractivity contribution < 1.29 is 0 Å². The number of rotatable bonds is 3. The van der Waals surface area contributed by atoms with Gasteiger partial charge in [0.2, 0.25) is 5.95 Å². The molecule has 2 aliphatic heterocycles. The Balaban J connectivity index is 1.86. The van der Waals surface area contributed by atoms with Gasteiger partial charge in [-0.25, -0.2) is 4.98 Å². The predicted molar refractivity (Wildman–Crippen MR) is 75.2 cm³/mol. The standard InChI is InChI=1S/C14H23N5/c1-4-12-13(5-2)17-18-14(16-12)19-8-10-6-15-7-11(10)9(19)3/h9-11,15H,4-8H2,1-3H3. The molecule has 1 aromatic rings. The van der Waals surface area contributed by atoms with Crippen LogP contribution in [0.5, 0.6) is 0 Å². The summed E-state index contributed by atoms with van der Waals surface area (Å²) in [6.45, 7) is 9.86. The van der Waals surface area contributed by atoms with Crippen LogP contribution >= 0.6 is 0 Å². The van der Waals surface area contributed by atoms with E-state index < -0.39 is 0 Å². The molecule has 3 heterocycles. The maximum atomic E-state index is 4.75. The topological polar surface area (TPSA) is 53.9 Å². The smallest absolute Gasteiger partial charge is 0.245 e. The summed E-state index contributed by atoms with van der Waals surface area (Å²) in [5.74, 6) is 2.31. The van der Waals surface area contributed by atoms with Gasteiger partial charge < -0.3 is 10.2 Å². The number of fused-ring (bicyclic) bond motifs is 1. The van der Waals surface area contributed by atoms with Gasteiger partial charge in [0.25, 0.3) is 0 Å². The maximum Gasteiger partial charge on any atom is 0.245 e. The SMILES string of the molecule is CCc1nnc(N2CC3CNCC3C2C)nc1CC. The van der Waals surface area contributed by atoms with E-state index in [2.05, 4.69) is 41.2 Å². The van der Waals surface area contributed by atoms with Crippen LogP contribution in [0.25, 0.3) is 0 Å². The molecule has 2 fully saturated rings. The summed E-state index contributed by atoms with van der Waals surface area (Å²) >= 11 is 0. The molecule has 5 nitrogen and oxygen atoms in total. The molecule has 1 aromatic heterocycles. The summed E-state index contributed by atoms with van der Waals surface area (Å²) in [4.78, 5) is 7.10. The second kappa shape index (κ2) is 5.04. The van der Waals surface area contributed by atoms with Crippen LogP contribution in [0.4, 0.5) is 5.95 Å². The number of aromatic nitrogens is 3. The monoisotopic (exact) mass is 261 g/mol. The molecule has 3 rings (SSSR count). The van der Waals surface area contributed by atoms with Gasteiger partial charge in [-0.15, -0.1) is 5.10 Å². The number of nitrogens with zero attached hydrogens (tertiary/aromatic N) is 4. The van der Waals surface area contributed by atoms with E-state index in [-0.39, 0.29) is 0 Å². The lowest BCUT2D eigenvalue weighted by Crippen LogP contribution is -2.34. The molecule has 3 atom stereocenters. The molecule has 5 heteroatoms. The molecule has 104 valence electrons. The average Bonchev–Trinajstić information content (AvgIpc) is 3.01. The van der Waals surface area contributed by atoms with E-state index in [0.717, 1.165) is 61.6 Å². The van der Waals surface area contributed by atoms with E-state index in [9.17, 15) is 0 Å². The minimum absolute atomic E-state index is 0.513. The Bertz CT molecular complexity index is 461. The predicted octanol–water partition coefficient (Wildman–Crippen LogP) is 1.04. The van der Waals surface area contributed by atoms with E-state index >= 15 is 0 Å². The van der Waals surface area contributed by atoms with Crippen molar-refractivity contribution in [3.05, 3.63) is 11.4 Å². The number of hydrogen-bond donors (Lipinski definition) is 1. The lowest BCUT2D eigenvalue weighted by atomic mass is 9.95. The molecule has 1 N–H and O–H groups in total. The van der Waals surface area contributed by atoms with E-state index in [1.54, 1.807) is 0 Å². The van der Waals surface area contributed by atoms with Crippen molar-refractivity contribution in [3.8, 4) is 0 Å². The third-order valence-electron chi connectivity index (χ3n) is 4.69. The minimum atomic E-state index is 0.513. The Morgan fingerprint density at radius 2 is 1.95 bits per heavy atom. The normalized spacial score (nSPS) is 29.8. The molecular weight excluding hydrogens is 238 g/mol. The van der Waals surface area contributed by atoms with Crippen molar-refractivity contribution >= 4 is 5.95 Å². The zero-order valence-corrected chi connectivity index (χ0v) is 12.1.